The van der Waals surface area contributed by atoms with Crippen molar-refractivity contribution in [1.82, 2.24) is 0 Å². The largest absolute Gasteiger partial charge is 0.278 e. The van der Waals surface area contributed by atoms with E-state index in [2.05, 4.69) is 19.1 Å². The molecule has 0 aliphatic rings. The van der Waals surface area contributed by atoms with E-state index in [4.69, 9.17) is 5.14 Å². The molecule has 0 aliphatic carbocycles. The van der Waals surface area contributed by atoms with E-state index in [1.54, 1.807) is 0 Å². The van der Waals surface area contributed by atoms with E-state index in [9.17, 15) is 0 Å². The Kier molecular flexibility index (Phi) is 2.78. The highest BCUT2D eigenvalue weighted by Crippen LogP contribution is 2.11. The fourth-order valence-electron chi connectivity index (χ4n) is 0.862. The highest BCUT2D eigenvalue weighted by atomic mass is 32.2. The Hall–Kier alpha value is -0.470. The van der Waals surface area contributed by atoms with Crippen molar-refractivity contribution in [2.75, 3.05) is 0 Å². The Morgan fingerprint density at radius 3 is 2.70 bits per heavy atom. The molecule has 0 amide bonds. The summed E-state index contributed by atoms with van der Waals surface area (Å²) >= 11 is 1.37. The van der Waals surface area contributed by atoms with Gasteiger partial charge in [-0.2, -0.15) is 0 Å². The third kappa shape index (κ3) is 1.75. The zero-order valence-corrected chi connectivity index (χ0v) is 6.82. The lowest BCUT2D eigenvalue weighted by Gasteiger charge is -2.00. The van der Waals surface area contributed by atoms with Gasteiger partial charge in [-0.25, -0.2) is 0 Å². The van der Waals surface area contributed by atoms with Gasteiger partial charge in [0.25, 0.3) is 0 Å². The summed E-state index contributed by atoms with van der Waals surface area (Å²) in [7, 11) is 0. The highest BCUT2D eigenvalue weighted by molar-refractivity contribution is 7.96. The molecule has 0 aliphatic heterocycles. The van der Waals surface area contributed by atoms with Crippen LogP contribution in [0.15, 0.2) is 24.3 Å². The second-order valence-electron chi connectivity index (χ2n) is 2.24. The van der Waals surface area contributed by atoms with Crippen LogP contribution in [0.4, 0.5) is 0 Å². The van der Waals surface area contributed by atoms with E-state index < -0.39 is 0 Å². The summed E-state index contributed by atoms with van der Waals surface area (Å²) in [5, 5.41) is 5.35. The van der Waals surface area contributed by atoms with Crippen LogP contribution in [0, 0.1) is 6.92 Å². The average molecular weight is 153 g/mol. The van der Waals surface area contributed by atoms with E-state index in [-0.39, 0.29) is 0 Å². The van der Waals surface area contributed by atoms with Gasteiger partial charge in [-0.3, -0.25) is 5.14 Å². The molecule has 1 nitrogen and oxygen atoms in total. The average Bonchev–Trinajstić information content (AvgIpc) is 1.94. The molecule has 0 spiro atoms. The van der Waals surface area contributed by atoms with Crippen LogP contribution in [0.3, 0.4) is 0 Å². The molecule has 0 atom stereocenters. The Morgan fingerprint density at radius 1 is 1.40 bits per heavy atom. The second kappa shape index (κ2) is 3.64. The first-order valence-corrected chi connectivity index (χ1v) is 4.25. The molecule has 1 aromatic rings. The zero-order valence-electron chi connectivity index (χ0n) is 6.00. The molecule has 0 unspecified atom stereocenters. The van der Waals surface area contributed by atoms with E-state index >= 15 is 0 Å². The summed E-state index contributed by atoms with van der Waals surface area (Å²) in [6, 6.07) is 8.29. The summed E-state index contributed by atoms with van der Waals surface area (Å²) in [5.41, 5.74) is 2.65. The standard InChI is InChI=1S/C8H11NS/c1-7-4-2-3-5-8(7)6-10-9/h2-5H,6,9H2,1H3. The van der Waals surface area contributed by atoms with Crippen molar-refractivity contribution >= 4 is 11.9 Å². The van der Waals surface area contributed by atoms with Crippen LogP contribution >= 0.6 is 11.9 Å². The molecular formula is C8H11NS. The minimum Gasteiger partial charge on any atom is -0.278 e. The van der Waals surface area contributed by atoms with Crippen LogP contribution < -0.4 is 5.14 Å². The van der Waals surface area contributed by atoms with Crippen LogP contribution in [0.25, 0.3) is 0 Å². The highest BCUT2D eigenvalue weighted by Gasteiger charge is 1.93. The first-order valence-electron chi connectivity index (χ1n) is 3.21. The van der Waals surface area contributed by atoms with E-state index in [0.717, 1.165) is 5.75 Å². The summed E-state index contributed by atoms with van der Waals surface area (Å²) in [6.07, 6.45) is 0. The molecule has 0 bridgehead atoms. The van der Waals surface area contributed by atoms with Gasteiger partial charge in [-0.1, -0.05) is 36.2 Å². The molecule has 1 aromatic carbocycles. The van der Waals surface area contributed by atoms with Gasteiger partial charge >= 0.3 is 0 Å². The van der Waals surface area contributed by atoms with Crippen molar-refractivity contribution < 1.29 is 0 Å². The van der Waals surface area contributed by atoms with Crippen molar-refractivity contribution in [1.29, 1.82) is 0 Å². The minimum absolute atomic E-state index is 0.909. The maximum atomic E-state index is 5.35. The molecule has 0 aromatic heterocycles. The summed E-state index contributed by atoms with van der Waals surface area (Å²) in [5.74, 6) is 0.909. The number of nitrogens with two attached hydrogens (primary N) is 1. The van der Waals surface area contributed by atoms with E-state index in [1.165, 1.54) is 23.1 Å². The molecule has 0 heterocycles. The maximum Gasteiger partial charge on any atom is 0.0330 e. The number of aryl methyl sites for hydroxylation is 1. The Balaban J connectivity index is 2.81. The molecule has 54 valence electrons. The van der Waals surface area contributed by atoms with E-state index in [1.807, 2.05) is 12.1 Å². The van der Waals surface area contributed by atoms with Crippen LogP contribution in [-0.2, 0) is 5.75 Å². The predicted octanol–water partition coefficient (Wildman–Crippen LogP) is 2.10. The number of hydrogen-bond donors (Lipinski definition) is 1. The quantitative estimate of drug-likeness (QED) is 0.658. The van der Waals surface area contributed by atoms with Gasteiger partial charge < -0.3 is 0 Å². The summed E-state index contributed by atoms with van der Waals surface area (Å²) < 4.78 is 0. The Morgan fingerprint density at radius 2 is 2.10 bits per heavy atom. The first kappa shape index (κ1) is 7.63. The number of benzene rings is 1. The van der Waals surface area contributed by atoms with Crippen LogP contribution in [-0.4, -0.2) is 0 Å². The normalized spacial score (nSPS) is 9.80. The smallest absolute Gasteiger partial charge is 0.0330 e. The van der Waals surface area contributed by atoms with Crippen molar-refractivity contribution in [3.05, 3.63) is 35.4 Å². The van der Waals surface area contributed by atoms with Gasteiger partial charge in [0.2, 0.25) is 0 Å². The van der Waals surface area contributed by atoms with Crippen molar-refractivity contribution in [3.63, 3.8) is 0 Å². The van der Waals surface area contributed by atoms with Crippen LogP contribution in [0.1, 0.15) is 11.1 Å². The predicted molar refractivity (Wildman–Crippen MR) is 46.7 cm³/mol. The number of hydrogen-bond acceptors (Lipinski definition) is 2. The van der Waals surface area contributed by atoms with E-state index in [0.29, 0.717) is 0 Å². The van der Waals surface area contributed by atoms with Crippen LogP contribution in [0.2, 0.25) is 0 Å². The molecule has 2 heteroatoms. The van der Waals surface area contributed by atoms with Crippen molar-refractivity contribution in [2.24, 2.45) is 5.14 Å². The second-order valence-corrected chi connectivity index (χ2v) is 2.86. The fourth-order valence-corrected chi connectivity index (χ4v) is 1.37. The third-order valence-electron chi connectivity index (χ3n) is 1.50. The molecule has 0 saturated heterocycles. The van der Waals surface area contributed by atoms with Gasteiger partial charge in [0, 0.05) is 5.75 Å². The van der Waals surface area contributed by atoms with Crippen molar-refractivity contribution in [3.8, 4) is 0 Å². The third-order valence-corrected chi connectivity index (χ3v) is 1.98. The lowest BCUT2D eigenvalue weighted by atomic mass is 10.1. The Labute approximate surface area is 65.8 Å². The lowest BCUT2D eigenvalue weighted by molar-refractivity contribution is 1.31. The lowest BCUT2D eigenvalue weighted by Crippen LogP contribution is -1.87. The first-order chi connectivity index (χ1) is 4.84. The van der Waals surface area contributed by atoms with Gasteiger partial charge in [0.05, 0.1) is 0 Å². The number of rotatable bonds is 2. The van der Waals surface area contributed by atoms with Gasteiger partial charge in [0.15, 0.2) is 0 Å². The fraction of sp³-hybridized carbons (Fsp3) is 0.250. The van der Waals surface area contributed by atoms with Crippen molar-refractivity contribution in [2.45, 2.75) is 12.7 Å². The SMILES string of the molecule is Cc1ccccc1CSN. The topological polar surface area (TPSA) is 26.0 Å². The summed E-state index contributed by atoms with van der Waals surface area (Å²) in [6.45, 7) is 2.10. The Bertz CT molecular complexity index is 210. The molecular weight excluding hydrogens is 142 g/mol. The molecule has 0 radical (unpaired) electrons. The van der Waals surface area contributed by atoms with Gasteiger partial charge in [0.1, 0.15) is 0 Å². The van der Waals surface area contributed by atoms with Crippen LogP contribution in [0.5, 0.6) is 0 Å². The molecule has 1 rings (SSSR count). The molecule has 0 fully saturated rings. The monoisotopic (exact) mass is 153 g/mol. The molecule has 0 saturated carbocycles. The van der Waals surface area contributed by atoms with Gasteiger partial charge in [-0.15, -0.1) is 0 Å². The summed E-state index contributed by atoms with van der Waals surface area (Å²) in [4.78, 5) is 0. The molecule has 10 heavy (non-hydrogen) atoms. The maximum absolute atomic E-state index is 5.35. The molecule has 2 N–H and O–H groups in total. The zero-order chi connectivity index (χ0) is 7.40. The van der Waals surface area contributed by atoms with Gasteiger partial charge in [-0.05, 0) is 18.1 Å². The minimum atomic E-state index is 0.909.